The van der Waals surface area contributed by atoms with Gasteiger partial charge >= 0.3 is 0 Å². The first kappa shape index (κ1) is 15.1. The minimum Gasteiger partial charge on any atom is -0.497 e. The minimum absolute atomic E-state index is 0.211. The fraction of sp³-hybridized carbons (Fsp3) is 0.625. The van der Waals surface area contributed by atoms with E-state index >= 15 is 0 Å². The number of rotatable bonds is 5. The van der Waals surface area contributed by atoms with E-state index in [9.17, 15) is 0 Å². The van der Waals surface area contributed by atoms with E-state index in [1.807, 2.05) is 12.1 Å². The molecule has 0 radical (unpaired) electrons. The van der Waals surface area contributed by atoms with Gasteiger partial charge in [0, 0.05) is 38.4 Å². The Balaban J connectivity index is 1.87. The molecule has 0 unspecified atom stereocenters. The molecule has 0 saturated carbocycles. The fourth-order valence-corrected chi connectivity index (χ4v) is 2.63. The summed E-state index contributed by atoms with van der Waals surface area (Å²) in [5.41, 5.74) is 7.31. The number of ether oxygens (including phenoxy) is 1. The van der Waals surface area contributed by atoms with Crippen LogP contribution in [0.3, 0.4) is 0 Å². The van der Waals surface area contributed by atoms with Crippen LogP contribution in [-0.4, -0.2) is 51.3 Å². The van der Waals surface area contributed by atoms with Gasteiger partial charge in [0.15, 0.2) is 0 Å². The zero-order chi connectivity index (χ0) is 14.6. The van der Waals surface area contributed by atoms with Gasteiger partial charge in [-0.25, -0.2) is 0 Å². The molecule has 1 fully saturated rings. The zero-order valence-corrected chi connectivity index (χ0v) is 12.9. The number of benzene rings is 1. The highest BCUT2D eigenvalue weighted by molar-refractivity contribution is 5.49. The number of anilines is 1. The van der Waals surface area contributed by atoms with E-state index in [1.54, 1.807) is 7.11 Å². The average Bonchev–Trinajstić information content (AvgIpc) is 2.48. The Morgan fingerprint density at radius 2 is 1.70 bits per heavy atom. The molecule has 0 atom stereocenters. The second-order valence-corrected chi connectivity index (χ2v) is 6.33. The molecule has 112 valence electrons. The van der Waals surface area contributed by atoms with Crippen molar-refractivity contribution in [2.45, 2.75) is 13.8 Å². The average molecular weight is 277 g/mol. The molecule has 2 rings (SSSR count). The first-order valence-corrected chi connectivity index (χ1v) is 7.35. The van der Waals surface area contributed by atoms with Crippen molar-refractivity contribution < 1.29 is 4.74 Å². The van der Waals surface area contributed by atoms with Crippen molar-refractivity contribution >= 4 is 5.69 Å². The van der Waals surface area contributed by atoms with E-state index in [0.29, 0.717) is 0 Å². The van der Waals surface area contributed by atoms with Gasteiger partial charge in [-0.05, 0) is 36.2 Å². The highest BCUT2D eigenvalue weighted by atomic mass is 16.5. The molecule has 1 aromatic carbocycles. The third-order valence-corrected chi connectivity index (χ3v) is 4.01. The number of hydrogen-bond donors (Lipinski definition) is 1. The quantitative estimate of drug-likeness (QED) is 0.891. The van der Waals surface area contributed by atoms with Gasteiger partial charge in [-0.15, -0.1) is 0 Å². The lowest BCUT2D eigenvalue weighted by Crippen LogP contribution is -2.50. The van der Waals surface area contributed by atoms with Gasteiger partial charge in [-0.1, -0.05) is 13.8 Å². The summed E-state index contributed by atoms with van der Waals surface area (Å²) >= 11 is 0. The van der Waals surface area contributed by atoms with E-state index in [-0.39, 0.29) is 5.41 Å². The maximum Gasteiger partial charge on any atom is 0.119 e. The lowest BCUT2D eigenvalue weighted by molar-refractivity contribution is 0.174. The van der Waals surface area contributed by atoms with Crippen molar-refractivity contribution in [2.75, 3.05) is 51.3 Å². The summed E-state index contributed by atoms with van der Waals surface area (Å²) in [5, 5.41) is 0. The van der Waals surface area contributed by atoms with Gasteiger partial charge in [0.25, 0.3) is 0 Å². The highest BCUT2D eigenvalue weighted by Crippen LogP contribution is 2.22. The van der Waals surface area contributed by atoms with Gasteiger partial charge < -0.3 is 15.4 Å². The van der Waals surface area contributed by atoms with Crippen LogP contribution < -0.4 is 15.4 Å². The third kappa shape index (κ3) is 3.87. The Kier molecular flexibility index (Phi) is 4.89. The van der Waals surface area contributed by atoms with E-state index in [4.69, 9.17) is 10.5 Å². The van der Waals surface area contributed by atoms with E-state index in [2.05, 4.69) is 35.8 Å². The van der Waals surface area contributed by atoms with Gasteiger partial charge in [-0.3, -0.25) is 4.90 Å². The SMILES string of the molecule is COc1ccc(N2CCN(CC(C)(C)CN)CC2)cc1. The number of methoxy groups -OCH3 is 1. The Labute approximate surface area is 122 Å². The van der Waals surface area contributed by atoms with E-state index in [0.717, 1.165) is 45.0 Å². The maximum atomic E-state index is 5.82. The first-order chi connectivity index (χ1) is 9.54. The largest absolute Gasteiger partial charge is 0.497 e. The summed E-state index contributed by atoms with van der Waals surface area (Å²) in [5.74, 6) is 0.914. The standard InChI is InChI=1S/C16H27N3O/c1-16(2,12-17)13-18-8-10-19(11-9-18)14-4-6-15(20-3)7-5-14/h4-7H,8-13,17H2,1-3H3. The number of hydrogen-bond acceptors (Lipinski definition) is 4. The van der Waals surface area contributed by atoms with Crippen LogP contribution in [0, 0.1) is 5.41 Å². The normalized spacial score (nSPS) is 17.3. The molecule has 4 nitrogen and oxygen atoms in total. The van der Waals surface area contributed by atoms with Crippen molar-refractivity contribution in [2.24, 2.45) is 11.1 Å². The van der Waals surface area contributed by atoms with Crippen molar-refractivity contribution in [1.82, 2.24) is 4.90 Å². The number of nitrogens with zero attached hydrogens (tertiary/aromatic N) is 2. The van der Waals surface area contributed by atoms with E-state index in [1.165, 1.54) is 5.69 Å². The lowest BCUT2D eigenvalue weighted by atomic mass is 9.93. The molecular formula is C16H27N3O. The van der Waals surface area contributed by atoms with Gasteiger partial charge in [0.2, 0.25) is 0 Å². The molecule has 1 aliphatic rings. The Morgan fingerprint density at radius 1 is 1.10 bits per heavy atom. The van der Waals surface area contributed by atoms with Crippen LogP contribution in [-0.2, 0) is 0 Å². The molecule has 4 heteroatoms. The van der Waals surface area contributed by atoms with Crippen LogP contribution in [0.25, 0.3) is 0 Å². The monoisotopic (exact) mass is 277 g/mol. The van der Waals surface area contributed by atoms with Gasteiger partial charge in [0.05, 0.1) is 7.11 Å². The van der Waals surface area contributed by atoms with Crippen molar-refractivity contribution in [3.63, 3.8) is 0 Å². The molecular weight excluding hydrogens is 250 g/mol. The molecule has 1 heterocycles. The first-order valence-electron chi connectivity index (χ1n) is 7.35. The number of piperazine rings is 1. The van der Waals surface area contributed by atoms with Crippen LogP contribution in [0.4, 0.5) is 5.69 Å². The summed E-state index contributed by atoms with van der Waals surface area (Å²) in [4.78, 5) is 4.96. The Hall–Kier alpha value is -1.26. The summed E-state index contributed by atoms with van der Waals surface area (Å²) in [6.45, 7) is 10.7. The predicted octanol–water partition coefficient (Wildman–Crippen LogP) is 1.80. The molecule has 0 aromatic heterocycles. The molecule has 1 saturated heterocycles. The molecule has 0 bridgehead atoms. The molecule has 0 aliphatic carbocycles. The Morgan fingerprint density at radius 3 is 2.20 bits per heavy atom. The summed E-state index contributed by atoms with van der Waals surface area (Å²) in [6, 6.07) is 8.33. The van der Waals surface area contributed by atoms with Crippen LogP contribution >= 0.6 is 0 Å². The van der Waals surface area contributed by atoms with Crippen LogP contribution in [0.1, 0.15) is 13.8 Å². The minimum atomic E-state index is 0.211. The molecule has 20 heavy (non-hydrogen) atoms. The topological polar surface area (TPSA) is 41.7 Å². The maximum absolute atomic E-state index is 5.82. The molecule has 1 aliphatic heterocycles. The summed E-state index contributed by atoms with van der Waals surface area (Å²) < 4.78 is 5.20. The second-order valence-electron chi connectivity index (χ2n) is 6.33. The van der Waals surface area contributed by atoms with Gasteiger partial charge in [-0.2, -0.15) is 0 Å². The highest BCUT2D eigenvalue weighted by Gasteiger charge is 2.23. The van der Waals surface area contributed by atoms with Crippen molar-refractivity contribution in [1.29, 1.82) is 0 Å². The molecule has 1 aromatic rings. The molecule has 0 spiro atoms. The Bertz CT molecular complexity index is 408. The second kappa shape index (κ2) is 6.46. The predicted molar refractivity (Wildman–Crippen MR) is 84.5 cm³/mol. The molecule has 2 N–H and O–H groups in total. The smallest absolute Gasteiger partial charge is 0.119 e. The zero-order valence-electron chi connectivity index (χ0n) is 12.9. The van der Waals surface area contributed by atoms with Crippen LogP contribution in [0.5, 0.6) is 5.75 Å². The molecule has 0 amide bonds. The fourth-order valence-electron chi connectivity index (χ4n) is 2.63. The van der Waals surface area contributed by atoms with Crippen LogP contribution in [0.2, 0.25) is 0 Å². The van der Waals surface area contributed by atoms with Gasteiger partial charge in [0.1, 0.15) is 5.75 Å². The number of nitrogens with two attached hydrogens (primary N) is 1. The third-order valence-electron chi connectivity index (χ3n) is 4.01. The van der Waals surface area contributed by atoms with Crippen molar-refractivity contribution in [3.8, 4) is 5.75 Å². The van der Waals surface area contributed by atoms with Crippen molar-refractivity contribution in [3.05, 3.63) is 24.3 Å². The lowest BCUT2D eigenvalue weighted by Gasteiger charge is -2.39. The summed E-state index contributed by atoms with van der Waals surface area (Å²) in [6.07, 6.45) is 0. The summed E-state index contributed by atoms with van der Waals surface area (Å²) in [7, 11) is 1.70. The van der Waals surface area contributed by atoms with E-state index < -0.39 is 0 Å². The van der Waals surface area contributed by atoms with Crippen LogP contribution in [0.15, 0.2) is 24.3 Å².